The van der Waals surface area contributed by atoms with Crippen molar-refractivity contribution in [1.29, 1.82) is 0 Å². The summed E-state index contributed by atoms with van der Waals surface area (Å²) in [5.74, 6) is 2.55. The Labute approximate surface area is 213 Å². The maximum Gasteiger partial charge on any atom is 0.243 e. The van der Waals surface area contributed by atoms with E-state index in [0.29, 0.717) is 67.1 Å². The molecule has 2 amide bonds. The lowest BCUT2D eigenvalue weighted by molar-refractivity contribution is -0.131. The minimum atomic E-state index is -1.11. The molecule has 0 aromatic carbocycles. The molecule has 3 N–H and O–H groups in total. The van der Waals surface area contributed by atoms with E-state index in [1.807, 2.05) is 6.08 Å². The summed E-state index contributed by atoms with van der Waals surface area (Å²) in [6.07, 6.45) is 12.4. The number of hydrogen-bond donors (Lipinski definition) is 3. The number of carbonyl (C=O) groups excluding carboxylic acids is 3. The van der Waals surface area contributed by atoms with Gasteiger partial charge in [-0.05, 0) is 85.5 Å². The summed E-state index contributed by atoms with van der Waals surface area (Å²) in [4.78, 5) is 37.8. The molecule has 13 unspecified atom stereocenters. The number of aliphatic hydroxyl groups is 1. The van der Waals surface area contributed by atoms with E-state index in [1.165, 1.54) is 12.8 Å². The molecule has 13 atom stereocenters. The Morgan fingerprint density at radius 1 is 1.06 bits per heavy atom. The molecule has 0 spiro atoms. The van der Waals surface area contributed by atoms with Gasteiger partial charge in [-0.25, -0.2) is 0 Å². The SMILES string of the molecule is CCC1CC2C3OC3C3C4CC=CC(=O)NCCCC5NC(=O)C(C5=O)C(O)C=CC4CC3C2C1C. The molecule has 0 radical (unpaired) electrons. The third kappa shape index (κ3) is 3.97. The van der Waals surface area contributed by atoms with Crippen LogP contribution in [0.4, 0.5) is 0 Å². The Bertz CT molecular complexity index is 977. The zero-order valence-electron chi connectivity index (χ0n) is 21.3. The quantitative estimate of drug-likeness (QED) is 0.294. The first kappa shape index (κ1) is 24.4. The molecule has 7 heteroatoms. The van der Waals surface area contributed by atoms with Crippen molar-refractivity contribution in [2.24, 2.45) is 53.3 Å². The van der Waals surface area contributed by atoms with Crippen LogP contribution < -0.4 is 10.6 Å². The lowest BCUT2D eigenvalue weighted by Gasteiger charge is -2.37. The first-order valence-corrected chi connectivity index (χ1v) is 14.2. The maximum absolute atomic E-state index is 12.9. The number of amides is 2. The number of epoxide rings is 1. The summed E-state index contributed by atoms with van der Waals surface area (Å²) < 4.78 is 6.37. The summed E-state index contributed by atoms with van der Waals surface area (Å²) in [6.45, 7) is 5.19. The summed E-state index contributed by atoms with van der Waals surface area (Å²) >= 11 is 0. The van der Waals surface area contributed by atoms with E-state index in [1.54, 1.807) is 12.2 Å². The number of hydrogen-bond acceptors (Lipinski definition) is 5. The number of rotatable bonds is 1. The third-order valence-corrected chi connectivity index (χ3v) is 10.7. The van der Waals surface area contributed by atoms with Crippen LogP contribution in [0, 0.1) is 53.3 Å². The largest absolute Gasteiger partial charge is 0.388 e. The molecule has 2 bridgehead atoms. The Morgan fingerprint density at radius 3 is 2.69 bits per heavy atom. The highest BCUT2D eigenvalue weighted by Crippen LogP contribution is 2.66. The standard InChI is InChI=1S/C29H40N2O5/c1-3-15-12-19-23(14(15)2)18-13-16-9-10-21(32)25-26(34)20(31-29(25)35)7-5-11-30-22(33)8-4-6-17(16)24(18)28-27(19)36-28/h4,8-10,14-21,23-25,27-28,32H,3,5-7,11-13H2,1-2H3,(H,30,33)(H,31,35). The van der Waals surface area contributed by atoms with Crippen LogP contribution in [0.5, 0.6) is 0 Å². The van der Waals surface area contributed by atoms with E-state index in [4.69, 9.17) is 4.74 Å². The van der Waals surface area contributed by atoms with Gasteiger partial charge in [-0.2, -0.15) is 0 Å². The number of ketones is 1. The number of Topliss-reactive ketones (excluding diaryl/α,β-unsaturated/α-hetero) is 1. The second-order valence-corrected chi connectivity index (χ2v) is 12.3. The molecule has 7 nitrogen and oxygen atoms in total. The van der Waals surface area contributed by atoms with Crippen LogP contribution in [0.3, 0.4) is 0 Å². The van der Waals surface area contributed by atoms with Crippen molar-refractivity contribution in [1.82, 2.24) is 10.6 Å². The highest BCUT2D eigenvalue weighted by Gasteiger charge is 2.67. The average Bonchev–Trinajstić information content (AvgIpc) is 3.35. The van der Waals surface area contributed by atoms with Crippen LogP contribution in [-0.4, -0.2) is 53.6 Å². The van der Waals surface area contributed by atoms with Gasteiger partial charge in [-0.15, -0.1) is 0 Å². The number of carbonyl (C=O) groups is 3. The molecule has 196 valence electrons. The zero-order chi connectivity index (χ0) is 25.1. The van der Waals surface area contributed by atoms with E-state index in [0.717, 1.165) is 18.8 Å². The van der Waals surface area contributed by atoms with E-state index in [2.05, 4.69) is 30.6 Å². The van der Waals surface area contributed by atoms with Gasteiger partial charge in [0.05, 0.1) is 24.4 Å². The Morgan fingerprint density at radius 2 is 1.89 bits per heavy atom. The fourth-order valence-corrected chi connectivity index (χ4v) is 9.01. The molecule has 5 fully saturated rings. The molecule has 0 aromatic heterocycles. The second kappa shape index (κ2) is 9.39. The first-order valence-electron chi connectivity index (χ1n) is 14.2. The van der Waals surface area contributed by atoms with Gasteiger partial charge < -0.3 is 20.5 Å². The molecule has 3 aliphatic carbocycles. The minimum Gasteiger partial charge on any atom is -0.388 e. The lowest BCUT2D eigenvalue weighted by Crippen LogP contribution is -2.39. The fourth-order valence-electron chi connectivity index (χ4n) is 9.01. The summed E-state index contributed by atoms with van der Waals surface area (Å²) in [7, 11) is 0. The van der Waals surface area contributed by atoms with Gasteiger partial charge in [0.15, 0.2) is 5.78 Å². The first-order chi connectivity index (χ1) is 17.4. The van der Waals surface area contributed by atoms with Crippen molar-refractivity contribution >= 4 is 17.6 Å². The van der Waals surface area contributed by atoms with Crippen molar-refractivity contribution in [2.75, 3.05) is 6.54 Å². The summed E-state index contributed by atoms with van der Waals surface area (Å²) in [6, 6.07) is -0.593. The van der Waals surface area contributed by atoms with Crippen LogP contribution in [0.25, 0.3) is 0 Å². The summed E-state index contributed by atoms with van der Waals surface area (Å²) in [5.41, 5.74) is 0. The van der Waals surface area contributed by atoms with Crippen LogP contribution in [0.1, 0.15) is 52.4 Å². The van der Waals surface area contributed by atoms with Crippen LogP contribution in [0.2, 0.25) is 0 Å². The normalized spacial score (nSPS) is 50.1. The number of nitrogens with one attached hydrogen (secondary N) is 2. The lowest BCUT2D eigenvalue weighted by atomic mass is 9.65. The van der Waals surface area contributed by atoms with Gasteiger partial charge in [0.25, 0.3) is 0 Å². The zero-order valence-corrected chi connectivity index (χ0v) is 21.3. The summed E-state index contributed by atoms with van der Waals surface area (Å²) in [5, 5.41) is 16.6. The molecule has 6 rings (SSSR count). The molecule has 6 aliphatic rings. The minimum absolute atomic E-state index is 0.113. The fraction of sp³-hybridized carbons (Fsp3) is 0.759. The Hall–Kier alpha value is -1.99. The molecule has 0 aromatic rings. The van der Waals surface area contributed by atoms with Crippen LogP contribution in [-0.2, 0) is 19.1 Å². The molecule has 2 saturated heterocycles. The van der Waals surface area contributed by atoms with Gasteiger partial charge in [0.1, 0.15) is 5.92 Å². The monoisotopic (exact) mass is 496 g/mol. The van der Waals surface area contributed by atoms with Gasteiger partial charge in [0, 0.05) is 6.54 Å². The van der Waals surface area contributed by atoms with Crippen molar-refractivity contribution < 1.29 is 24.2 Å². The number of ether oxygens (including phenoxy) is 1. The molecule has 3 aliphatic heterocycles. The highest BCUT2D eigenvalue weighted by atomic mass is 16.6. The molecule has 36 heavy (non-hydrogen) atoms. The smallest absolute Gasteiger partial charge is 0.243 e. The average molecular weight is 497 g/mol. The number of fused-ring (bicyclic) bond motifs is 10. The van der Waals surface area contributed by atoms with Gasteiger partial charge in [0.2, 0.25) is 11.8 Å². The van der Waals surface area contributed by atoms with E-state index in [-0.39, 0.29) is 17.6 Å². The van der Waals surface area contributed by atoms with Crippen molar-refractivity contribution in [3.63, 3.8) is 0 Å². The van der Waals surface area contributed by atoms with Crippen LogP contribution >= 0.6 is 0 Å². The second-order valence-electron chi connectivity index (χ2n) is 12.3. The molecule has 3 saturated carbocycles. The van der Waals surface area contributed by atoms with Gasteiger partial charge in [-0.3, -0.25) is 14.4 Å². The predicted molar refractivity (Wildman–Crippen MR) is 133 cm³/mol. The van der Waals surface area contributed by atoms with Gasteiger partial charge >= 0.3 is 0 Å². The van der Waals surface area contributed by atoms with Gasteiger partial charge in [-0.1, -0.05) is 38.5 Å². The molecule has 3 heterocycles. The number of aliphatic hydroxyl groups excluding tert-OH is 1. The van der Waals surface area contributed by atoms with E-state index < -0.39 is 24.0 Å². The van der Waals surface area contributed by atoms with Crippen molar-refractivity contribution in [2.45, 2.75) is 76.7 Å². The predicted octanol–water partition coefficient (Wildman–Crippen LogP) is 2.39. The molecular formula is C29H40N2O5. The van der Waals surface area contributed by atoms with E-state index in [9.17, 15) is 19.5 Å². The van der Waals surface area contributed by atoms with Crippen LogP contribution in [0.15, 0.2) is 24.3 Å². The highest BCUT2D eigenvalue weighted by molar-refractivity contribution is 6.11. The topological polar surface area (TPSA) is 108 Å². The Kier molecular flexibility index (Phi) is 6.35. The van der Waals surface area contributed by atoms with Crippen molar-refractivity contribution in [3.8, 4) is 0 Å². The Balaban J connectivity index is 1.29. The maximum atomic E-state index is 12.9. The van der Waals surface area contributed by atoms with Crippen molar-refractivity contribution in [3.05, 3.63) is 24.3 Å². The third-order valence-electron chi connectivity index (χ3n) is 10.7. The number of allylic oxidation sites excluding steroid dienone is 2. The van der Waals surface area contributed by atoms with E-state index >= 15 is 0 Å². The molecular weight excluding hydrogens is 456 g/mol.